The van der Waals surface area contributed by atoms with Crippen LogP contribution >= 0.6 is 0 Å². The van der Waals surface area contributed by atoms with Crippen LogP contribution in [0.15, 0.2) is 18.5 Å². The van der Waals surface area contributed by atoms with E-state index in [1.54, 1.807) is 4.90 Å². The normalized spacial score (nSPS) is 21.4. The van der Waals surface area contributed by atoms with Crippen LogP contribution in [0.1, 0.15) is 6.42 Å². The molecule has 1 aromatic heterocycles. The summed E-state index contributed by atoms with van der Waals surface area (Å²) in [5, 5.41) is 3.33. The molecule has 0 aromatic carbocycles. The molecule has 1 saturated heterocycles. The number of amides is 1. The highest BCUT2D eigenvalue weighted by atomic mass is 16.2. The maximum absolute atomic E-state index is 12.1. The summed E-state index contributed by atoms with van der Waals surface area (Å²) in [5.41, 5.74) is 0.918. The van der Waals surface area contributed by atoms with Gasteiger partial charge in [0.1, 0.15) is 0 Å². The van der Waals surface area contributed by atoms with Crippen molar-refractivity contribution in [2.24, 2.45) is 0 Å². The molecule has 0 radical (unpaired) electrons. The third-order valence-electron chi connectivity index (χ3n) is 3.40. The zero-order valence-corrected chi connectivity index (χ0v) is 10.4. The Morgan fingerprint density at radius 2 is 2.47 bits per heavy atom. The van der Waals surface area contributed by atoms with Crippen LogP contribution in [0.2, 0.25) is 0 Å². The second kappa shape index (κ2) is 5.33. The van der Waals surface area contributed by atoms with Crippen molar-refractivity contribution >= 4 is 11.6 Å². The molecule has 0 saturated carbocycles. The van der Waals surface area contributed by atoms with Crippen LogP contribution in [0.4, 0.5) is 5.69 Å². The Morgan fingerprint density at radius 1 is 1.65 bits per heavy atom. The first-order valence-corrected chi connectivity index (χ1v) is 5.99. The lowest BCUT2D eigenvalue weighted by Gasteiger charge is -2.33. The molecular weight excluding hydrogens is 216 g/mol. The Kier molecular flexibility index (Phi) is 3.81. The second-order valence-corrected chi connectivity index (χ2v) is 4.56. The van der Waals surface area contributed by atoms with E-state index >= 15 is 0 Å². The summed E-state index contributed by atoms with van der Waals surface area (Å²) < 4.78 is 0. The molecule has 1 unspecified atom stereocenters. The number of likely N-dealkylation sites (N-methyl/N-ethyl adjacent to an activating group) is 1. The van der Waals surface area contributed by atoms with E-state index < -0.39 is 0 Å². The standard InChI is InChI=1S/C12H20N4O/c1-15-6-5-14-9-11(15)7-12(17)16(2)10-3-4-13-8-10/h3-4,8,11,13-14H,5-7,9H2,1-2H3. The summed E-state index contributed by atoms with van der Waals surface area (Å²) in [5.74, 6) is 0.158. The third kappa shape index (κ3) is 2.87. The van der Waals surface area contributed by atoms with Gasteiger partial charge in [-0.25, -0.2) is 0 Å². The molecule has 17 heavy (non-hydrogen) atoms. The number of nitrogens with one attached hydrogen (secondary N) is 2. The molecule has 5 heteroatoms. The largest absolute Gasteiger partial charge is 0.366 e. The lowest BCUT2D eigenvalue weighted by Crippen LogP contribution is -2.51. The van der Waals surface area contributed by atoms with Crippen LogP contribution in [0.25, 0.3) is 0 Å². The van der Waals surface area contributed by atoms with E-state index in [2.05, 4.69) is 22.2 Å². The molecule has 1 amide bonds. The van der Waals surface area contributed by atoms with Crippen molar-refractivity contribution < 1.29 is 4.79 Å². The van der Waals surface area contributed by atoms with Crippen molar-refractivity contribution in [3.63, 3.8) is 0 Å². The number of rotatable bonds is 3. The van der Waals surface area contributed by atoms with Crippen molar-refractivity contribution in [2.45, 2.75) is 12.5 Å². The van der Waals surface area contributed by atoms with Gasteiger partial charge in [0.25, 0.3) is 0 Å². The van der Waals surface area contributed by atoms with E-state index in [4.69, 9.17) is 0 Å². The predicted octanol–water partition coefficient (Wildman–Crippen LogP) is 0.271. The number of carbonyl (C=O) groups excluding carboxylic acids is 1. The number of aromatic nitrogens is 1. The molecular formula is C12H20N4O. The Labute approximate surface area is 102 Å². The number of H-pyrrole nitrogens is 1. The summed E-state index contributed by atoms with van der Waals surface area (Å²) in [7, 11) is 3.90. The SMILES string of the molecule is CN(C(=O)CC1CNCCN1C)c1cc[nH]c1. The van der Waals surface area contributed by atoms with Crippen molar-refractivity contribution in [2.75, 3.05) is 38.6 Å². The summed E-state index contributed by atoms with van der Waals surface area (Å²) >= 11 is 0. The van der Waals surface area contributed by atoms with Gasteiger partial charge in [-0.1, -0.05) is 0 Å². The Bertz CT molecular complexity index is 363. The Morgan fingerprint density at radius 3 is 3.12 bits per heavy atom. The van der Waals surface area contributed by atoms with E-state index in [0.29, 0.717) is 12.5 Å². The molecule has 2 rings (SSSR count). The molecule has 1 atom stereocenters. The van der Waals surface area contributed by atoms with Crippen LogP contribution < -0.4 is 10.2 Å². The van der Waals surface area contributed by atoms with Gasteiger partial charge in [0.05, 0.1) is 5.69 Å². The molecule has 94 valence electrons. The van der Waals surface area contributed by atoms with Gasteiger partial charge in [-0.15, -0.1) is 0 Å². The first kappa shape index (κ1) is 12.1. The molecule has 1 aliphatic rings. The quantitative estimate of drug-likeness (QED) is 0.792. The smallest absolute Gasteiger partial charge is 0.228 e. The summed E-state index contributed by atoms with van der Waals surface area (Å²) in [6.07, 6.45) is 4.22. The van der Waals surface area contributed by atoms with E-state index in [0.717, 1.165) is 25.3 Å². The molecule has 0 spiro atoms. The van der Waals surface area contributed by atoms with Crippen LogP contribution in [-0.4, -0.2) is 55.6 Å². The molecule has 1 fully saturated rings. The second-order valence-electron chi connectivity index (χ2n) is 4.56. The molecule has 1 aliphatic heterocycles. The maximum atomic E-state index is 12.1. The first-order chi connectivity index (χ1) is 8.18. The maximum Gasteiger partial charge on any atom is 0.228 e. The minimum absolute atomic E-state index is 0.158. The molecule has 0 aliphatic carbocycles. The van der Waals surface area contributed by atoms with Crippen molar-refractivity contribution in [3.05, 3.63) is 18.5 Å². The lowest BCUT2D eigenvalue weighted by atomic mass is 10.1. The number of anilines is 1. The van der Waals surface area contributed by atoms with Gasteiger partial charge in [0.2, 0.25) is 5.91 Å². The van der Waals surface area contributed by atoms with Crippen LogP contribution in [0, 0.1) is 0 Å². The number of hydrogen-bond donors (Lipinski definition) is 2. The zero-order chi connectivity index (χ0) is 12.3. The highest BCUT2D eigenvalue weighted by Crippen LogP contribution is 2.14. The molecule has 2 N–H and O–H groups in total. The molecule has 0 bridgehead atoms. The molecule has 1 aromatic rings. The fraction of sp³-hybridized carbons (Fsp3) is 0.583. The van der Waals surface area contributed by atoms with Crippen LogP contribution in [0.3, 0.4) is 0 Å². The molecule has 5 nitrogen and oxygen atoms in total. The summed E-state index contributed by atoms with van der Waals surface area (Å²) in [6, 6.07) is 2.21. The van der Waals surface area contributed by atoms with Gasteiger partial charge < -0.3 is 20.1 Å². The van der Waals surface area contributed by atoms with Crippen molar-refractivity contribution in [1.82, 2.24) is 15.2 Å². The number of hydrogen-bond acceptors (Lipinski definition) is 3. The van der Waals surface area contributed by atoms with E-state index in [9.17, 15) is 4.79 Å². The number of nitrogens with zero attached hydrogens (tertiary/aromatic N) is 2. The highest BCUT2D eigenvalue weighted by molar-refractivity contribution is 5.93. The zero-order valence-electron chi connectivity index (χ0n) is 10.4. The number of carbonyl (C=O) groups is 1. The Balaban J connectivity index is 1.92. The lowest BCUT2D eigenvalue weighted by molar-refractivity contribution is -0.119. The summed E-state index contributed by atoms with van der Waals surface area (Å²) in [6.45, 7) is 2.91. The number of aromatic amines is 1. The minimum Gasteiger partial charge on any atom is -0.366 e. The van der Waals surface area contributed by atoms with Crippen LogP contribution in [0.5, 0.6) is 0 Å². The van der Waals surface area contributed by atoms with E-state index in [1.807, 2.05) is 25.5 Å². The third-order valence-corrected chi connectivity index (χ3v) is 3.40. The summed E-state index contributed by atoms with van der Waals surface area (Å²) in [4.78, 5) is 19.0. The monoisotopic (exact) mass is 236 g/mol. The highest BCUT2D eigenvalue weighted by Gasteiger charge is 2.23. The van der Waals surface area contributed by atoms with E-state index in [-0.39, 0.29) is 5.91 Å². The van der Waals surface area contributed by atoms with Crippen molar-refractivity contribution in [3.8, 4) is 0 Å². The van der Waals surface area contributed by atoms with Gasteiger partial charge in [0, 0.05) is 51.5 Å². The van der Waals surface area contributed by atoms with Gasteiger partial charge in [0.15, 0.2) is 0 Å². The van der Waals surface area contributed by atoms with Crippen molar-refractivity contribution in [1.29, 1.82) is 0 Å². The predicted molar refractivity (Wildman–Crippen MR) is 68.1 cm³/mol. The van der Waals surface area contributed by atoms with E-state index in [1.165, 1.54) is 0 Å². The van der Waals surface area contributed by atoms with Gasteiger partial charge in [-0.05, 0) is 13.1 Å². The van der Waals surface area contributed by atoms with Gasteiger partial charge in [-0.3, -0.25) is 4.79 Å². The van der Waals surface area contributed by atoms with Gasteiger partial charge >= 0.3 is 0 Å². The fourth-order valence-electron chi connectivity index (χ4n) is 2.10. The van der Waals surface area contributed by atoms with Gasteiger partial charge in [-0.2, -0.15) is 0 Å². The fourth-order valence-corrected chi connectivity index (χ4v) is 2.10. The average molecular weight is 236 g/mol. The topological polar surface area (TPSA) is 51.4 Å². The molecule has 2 heterocycles. The number of piperazine rings is 1. The first-order valence-electron chi connectivity index (χ1n) is 5.99. The minimum atomic E-state index is 0.158. The Hall–Kier alpha value is -1.33. The average Bonchev–Trinajstić information content (AvgIpc) is 2.84. The van der Waals surface area contributed by atoms with Crippen LogP contribution in [-0.2, 0) is 4.79 Å².